The van der Waals surface area contributed by atoms with Gasteiger partial charge in [0, 0.05) is 10.4 Å². The van der Waals surface area contributed by atoms with Crippen molar-refractivity contribution in [3.63, 3.8) is 0 Å². The van der Waals surface area contributed by atoms with Crippen molar-refractivity contribution in [3.8, 4) is 0 Å². The zero-order valence-electron chi connectivity index (χ0n) is 12.4. The van der Waals surface area contributed by atoms with E-state index in [9.17, 15) is 0 Å². The third-order valence-corrected chi connectivity index (χ3v) is 6.04. The molecule has 3 rings (SSSR count). The van der Waals surface area contributed by atoms with E-state index in [1.807, 2.05) is 24.3 Å². The van der Waals surface area contributed by atoms with Crippen LogP contribution in [0.5, 0.6) is 0 Å². The van der Waals surface area contributed by atoms with E-state index in [0.29, 0.717) is 12.0 Å². The molecule has 0 aromatic heterocycles. The predicted molar refractivity (Wildman–Crippen MR) is 82.9 cm³/mol. The maximum absolute atomic E-state index is 5.97. The normalized spacial score (nSPS) is 32.8. The molecule has 0 spiro atoms. The average molecular weight is 292 g/mol. The van der Waals surface area contributed by atoms with Crippen LogP contribution in [0, 0.1) is 16.7 Å². The second-order valence-electron chi connectivity index (χ2n) is 6.93. The Bertz CT molecular complexity index is 552. The average Bonchev–Trinajstić information content (AvgIpc) is 2.72. The van der Waals surface area contributed by atoms with Gasteiger partial charge in [-0.05, 0) is 48.3 Å². The molecular formula is C17H22ClNO. The summed E-state index contributed by atoms with van der Waals surface area (Å²) in [7, 11) is 0. The first-order valence-corrected chi connectivity index (χ1v) is 7.75. The number of fused-ring (bicyclic) bond motifs is 2. The van der Waals surface area contributed by atoms with Crippen LogP contribution in [0.25, 0.3) is 0 Å². The lowest BCUT2D eigenvalue weighted by atomic mass is 9.70. The molecule has 2 atom stereocenters. The highest BCUT2D eigenvalue weighted by Gasteiger charge is 2.60. The van der Waals surface area contributed by atoms with E-state index in [4.69, 9.17) is 16.4 Å². The minimum atomic E-state index is 0.214. The Balaban J connectivity index is 1.69. The first-order chi connectivity index (χ1) is 9.43. The Morgan fingerprint density at radius 2 is 2.15 bits per heavy atom. The molecule has 0 N–H and O–H groups in total. The third-order valence-electron chi connectivity index (χ3n) is 5.81. The third kappa shape index (κ3) is 2.05. The summed E-state index contributed by atoms with van der Waals surface area (Å²) in [5.74, 6) is 0.765. The largest absolute Gasteiger partial charge is 0.391 e. The van der Waals surface area contributed by atoms with E-state index < -0.39 is 0 Å². The summed E-state index contributed by atoms with van der Waals surface area (Å²) < 4.78 is 0. The molecule has 3 heteroatoms. The van der Waals surface area contributed by atoms with Crippen molar-refractivity contribution >= 4 is 17.3 Å². The smallest absolute Gasteiger partial charge is 0.142 e. The van der Waals surface area contributed by atoms with Gasteiger partial charge in [-0.25, -0.2) is 0 Å². The molecule has 2 saturated carbocycles. The predicted octanol–water partition coefficient (Wildman–Crippen LogP) is 5.06. The lowest BCUT2D eigenvalue weighted by Crippen LogP contribution is -2.32. The van der Waals surface area contributed by atoms with Crippen molar-refractivity contribution in [2.24, 2.45) is 21.9 Å². The standard InChI is InChI=1S/C17H22ClNO/c1-16(2)13-7-8-17(16,3)15(10-13)19-20-11-12-5-4-6-14(18)9-12/h4-6,9,13H,7-8,10-11H2,1-3H3/b19-15+. The molecule has 1 aromatic carbocycles. The van der Waals surface area contributed by atoms with Gasteiger partial charge in [0.2, 0.25) is 0 Å². The Kier molecular flexibility index (Phi) is 3.32. The van der Waals surface area contributed by atoms with E-state index in [-0.39, 0.29) is 5.41 Å². The van der Waals surface area contributed by atoms with E-state index >= 15 is 0 Å². The Morgan fingerprint density at radius 3 is 2.75 bits per heavy atom. The topological polar surface area (TPSA) is 21.6 Å². The quantitative estimate of drug-likeness (QED) is 0.713. The van der Waals surface area contributed by atoms with Crippen LogP contribution in [0.2, 0.25) is 5.02 Å². The monoisotopic (exact) mass is 291 g/mol. The van der Waals surface area contributed by atoms with Gasteiger partial charge in [0.1, 0.15) is 6.61 Å². The van der Waals surface area contributed by atoms with Gasteiger partial charge in [0.15, 0.2) is 0 Å². The maximum Gasteiger partial charge on any atom is 0.142 e. The van der Waals surface area contributed by atoms with Gasteiger partial charge < -0.3 is 4.84 Å². The summed E-state index contributed by atoms with van der Waals surface area (Å²) in [6.45, 7) is 7.60. The zero-order valence-corrected chi connectivity index (χ0v) is 13.2. The molecule has 2 bridgehead atoms. The Labute approximate surface area is 126 Å². The summed E-state index contributed by atoms with van der Waals surface area (Å²) in [4.78, 5) is 5.60. The Morgan fingerprint density at radius 1 is 1.35 bits per heavy atom. The van der Waals surface area contributed by atoms with Crippen LogP contribution < -0.4 is 0 Å². The molecule has 2 aliphatic carbocycles. The second kappa shape index (κ2) is 4.77. The number of hydrogen-bond acceptors (Lipinski definition) is 2. The van der Waals surface area contributed by atoms with Crippen LogP contribution in [-0.2, 0) is 11.4 Å². The highest BCUT2D eigenvalue weighted by Crippen LogP contribution is 2.63. The van der Waals surface area contributed by atoms with Crippen molar-refractivity contribution in [2.75, 3.05) is 0 Å². The Hall–Kier alpha value is -1.02. The van der Waals surface area contributed by atoms with Gasteiger partial charge in [-0.1, -0.05) is 49.7 Å². The fourth-order valence-electron chi connectivity index (χ4n) is 3.88. The summed E-state index contributed by atoms with van der Waals surface area (Å²) >= 11 is 5.97. The van der Waals surface area contributed by atoms with Gasteiger partial charge in [-0.3, -0.25) is 0 Å². The van der Waals surface area contributed by atoms with E-state index in [0.717, 1.165) is 22.9 Å². The first kappa shape index (κ1) is 13.9. The maximum atomic E-state index is 5.97. The number of rotatable bonds is 3. The first-order valence-electron chi connectivity index (χ1n) is 7.37. The molecule has 0 heterocycles. The molecule has 0 radical (unpaired) electrons. The zero-order chi connectivity index (χ0) is 14.4. The van der Waals surface area contributed by atoms with Crippen LogP contribution in [0.3, 0.4) is 0 Å². The highest BCUT2D eigenvalue weighted by molar-refractivity contribution is 6.30. The number of halogens is 1. The minimum absolute atomic E-state index is 0.214. The van der Waals surface area contributed by atoms with Crippen LogP contribution >= 0.6 is 11.6 Å². The van der Waals surface area contributed by atoms with Gasteiger partial charge >= 0.3 is 0 Å². The summed E-state index contributed by atoms with van der Waals surface area (Å²) in [6, 6.07) is 7.75. The fraction of sp³-hybridized carbons (Fsp3) is 0.588. The SMILES string of the molecule is CC12CCC(C/C1=N\OCc1cccc(Cl)c1)C2(C)C. The van der Waals surface area contributed by atoms with E-state index in [2.05, 4.69) is 25.9 Å². The molecule has 108 valence electrons. The molecule has 1 aromatic rings. The van der Waals surface area contributed by atoms with Gasteiger partial charge in [0.05, 0.1) is 5.71 Å². The molecule has 2 unspecified atom stereocenters. The molecule has 20 heavy (non-hydrogen) atoms. The van der Waals surface area contributed by atoms with Crippen LogP contribution in [0.4, 0.5) is 0 Å². The summed E-state index contributed by atoms with van der Waals surface area (Å²) in [5.41, 5.74) is 2.88. The van der Waals surface area contributed by atoms with E-state index in [1.54, 1.807) is 0 Å². The molecule has 2 nitrogen and oxygen atoms in total. The number of nitrogens with zero attached hydrogens (tertiary/aromatic N) is 1. The fourth-order valence-corrected chi connectivity index (χ4v) is 4.09. The van der Waals surface area contributed by atoms with Gasteiger partial charge in [-0.2, -0.15) is 0 Å². The van der Waals surface area contributed by atoms with Crippen LogP contribution in [-0.4, -0.2) is 5.71 Å². The molecule has 0 aliphatic heterocycles. The second-order valence-corrected chi connectivity index (χ2v) is 7.37. The van der Waals surface area contributed by atoms with Crippen molar-refractivity contribution in [1.29, 1.82) is 0 Å². The lowest BCUT2D eigenvalue weighted by Gasteiger charge is -2.34. The van der Waals surface area contributed by atoms with Crippen molar-refractivity contribution in [2.45, 2.75) is 46.6 Å². The van der Waals surface area contributed by atoms with E-state index in [1.165, 1.54) is 18.6 Å². The highest BCUT2D eigenvalue weighted by atomic mass is 35.5. The van der Waals surface area contributed by atoms with Gasteiger partial charge in [0.25, 0.3) is 0 Å². The number of oxime groups is 1. The lowest BCUT2D eigenvalue weighted by molar-refractivity contribution is 0.123. The van der Waals surface area contributed by atoms with Crippen LogP contribution in [0.1, 0.15) is 45.6 Å². The van der Waals surface area contributed by atoms with Gasteiger partial charge in [-0.15, -0.1) is 0 Å². The van der Waals surface area contributed by atoms with Crippen molar-refractivity contribution in [1.82, 2.24) is 0 Å². The number of hydrogen-bond donors (Lipinski definition) is 0. The molecule has 0 saturated heterocycles. The summed E-state index contributed by atoms with van der Waals surface area (Å²) in [5, 5.41) is 5.21. The van der Waals surface area contributed by atoms with Crippen molar-refractivity contribution in [3.05, 3.63) is 34.9 Å². The molecule has 0 amide bonds. The van der Waals surface area contributed by atoms with Crippen molar-refractivity contribution < 1.29 is 4.84 Å². The molecule has 2 aliphatic rings. The minimum Gasteiger partial charge on any atom is -0.391 e. The molecule has 2 fully saturated rings. The number of benzene rings is 1. The molecular weight excluding hydrogens is 270 g/mol. The summed E-state index contributed by atoms with van der Waals surface area (Å²) in [6.07, 6.45) is 3.67. The van der Waals surface area contributed by atoms with Crippen LogP contribution in [0.15, 0.2) is 29.4 Å².